The standard InChI is InChI=1S/C20H24FN5O/c1-15-14-18(24(2)3)23-20(22-15)26-12-10-25(11-13-26)19(27)9-8-16-6-4-5-7-17(16)21/h4-9,14H,10-13H2,1-3H3/b9-8+. The molecule has 0 bridgehead atoms. The van der Waals surface area contributed by atoms with E-state index in [0.29, 0.717) is 37.7 Å². The molecule has 3 rings (SSSR count). The zero-order valence-corrected chi connectivity index (χ0v) is 15.9. The van der Waals surface area contributed by atoms with E-state index in [4.69, 9.17) is 0 Å². The summed E-state index contributed by atoms with van der Waals surface area (Å²) in [6, 6.07) is 8.34. The van der Waals surface area contributed by atoms with Crippen molar-refractivity contribution in [1.82, 2.24) is 14.9 Å². The molecule has 0 unspecified atom stereocenters. The average Bonchev–Trinajstić information content (AvgIpc) is 2.66. The molecular weight excluding hydrogens is 345 g/mol. The molecule has 1 amide bonds. The quantitative estimate of drug-likeness (QED) is 0.775. The van der Waals surface area contributed by atoms with Crippen molar-refractivity contribution in [3.8, 4) is 0 Å². The summed E-state index contributed by atoms with van der Waals surface area (Å²) in [6.07, 6.45) is 2.96. The molecule has 1 fully saturated rings. The van der Waals surface area contributed by atoms with Crippen molar-refractivity contribution < 1.29 is 9.18 Å². The Hall–Kier alpha value is -2.96. The molecular formula is C20H24FN5O. The average molecular weight is 369 g/mol. The van der Waals surface area contributed by atoms with E-state index in [-0.39, 0.29) is 11.7 Å². The Balaban J connectivity index is 1.62. The number of aryl methyl sites for hydroxylation is 1. The van der Waals surface area contributed by atoms with E-state index in [0.717, 1.165) is 11.5 Å². The number of halogens is 1. The number of piperazine rings is 1. The third-order valence-corrected chi connectivity index (χ3v) is 4.47. The molecule has 1 aromatic carbocycles. The minimum Gasteiger partial charge on any atom is -0.363 e. The highest BCUT2D eigenvalue weighted by molar-refractivity contribution is 5.92. The number of carbonyl (C=O) groups is 1. The van der Waals surface area contributed by atoms with Gasteiger partial charge in [0.05, 0.1) is 0 Å². The lowest BCUT2D eigenvalue weighted by Crippen LogP contribution is -2.49. The highest BCUT2D eigenvalue weighted by Gasteiger charge is 2.22. The lowest BCUT2D eigenvalue weighted by Gasteiger charge is -2.34. The van der Waals surface area contributed by atoms with Crippen molar-refractivity contribution in [3.63, 3.8) is 0 Å². The van der Waals surface area contributed by atoms with E-state index in [1.807, 2.05) is 32.0 Å². The highest BCUT2D eigenvalue weighted by Crippen LogP contribution is 2.17. The first-order valence-electron chi connectivity index (χ1n) is 8.93. The molecule has 0 atom stereocenters. The Morgan fingerprint density at radius 3 is 2.52 bits per heavy atom. The van der Waals surface area contributed by atoms with Crippen LogP contribution >= 0.6 is 0 Å². The first-order chi connectivity index (χ1) is 12.9. The fourth-order valence-corrected chi connectivity index (χ4v) is 2.91. The number of rotatable bonds is 4. The number of carbonyl (C=O) groups excluding carboxylic acids is 1. The molecule has 2 aromatic rings. The number of anilines is 2. The molecule has 0 radical (unpaired) electrons. The van der Waals surface area contributed by atoms with Gasteiger partial charge in [-0.1, -0.05) is 18.2 Å². The van der Waals surface area contributed by atoms with Gasteiger partial charge in [-0.2, -0.15) is 4.98 Å². The molecule has 0 aliphatic carbocycles. The van der Waals surface area contributed by atoms with E-state index in [9.17, 15) is 9.18 Å². The molecule has 7 heteroatoms. The number of benzene rings is 1. The van der Waals surface area contributed by atoms with Gasteiger partial charge in [0.15, 0.2) is 0 Å². The van der Waals surface area contributed by atoms with Gasteiger partial charge in [-0.25, -0.2) is 9.37 Å². The first-order valence-corrected chi connectivity index (χ1v) is 8.93. The van der Waals surface area contributed by atoms with Gasteiger partial charge in [0, 0.05) is 63.7 Å². The minimum atomic E-state index is -0.334. The van der Waals surface area contributed by atoms with Crippen molar-refractivity contribution >= 4 is 23.7 Å². The van der Waals surface area contributed by atoms with Crippen LogP contribution in [0.25, 0.3) is 6.08 Å². The van der Waals surface area contributed by atoms with E-state index in [2.05, 4.69) is 14.9 Å². The summed E-state index contributed by atoms with van der Waals surface area (Å²) >= 11 is 0. The van der Waals surface area contributed by atoms with E-state index in [1.165, 1.54) is 18.2 Å². The van der Waals surface area contributed by atoms with Gasteiger partial charge in [0.1, 0.15) is 11.6 Å². The molecule has 1 saturated heterocycles. The summed E-state index contributed by atoms with van der Waals surface area (Å²) in [5.74, 6) is 1.10. The van der Waals surface area contributed by atoms with Crippen LogP contribution in [-0.2, 0) is 4.79 Å². The van der Waals surface area contributed by atoms with Gasteiger partial charge in [-0.15, -0.1) is 0 Å². The Morgan fingerprint density at radius 1 is 1.15 bits per heavy atom. The molecule has 0 saturated carbocycles. The topological polar surface area (TPSA) is 52.6 Å². The molecule has 27 heavy (non-hydrogen) atoms. The summed E-state index contributed by atoms with van der Waals surface area (Å²) in [7, 11) is 3.90. The Bertz CT molecular complexity index is 844. The minimum absolute atomic E-state index is 0.114. The van der Waals surface area contributed by atoms with Crippen molar-refractivity contribution in [2.75, 3.05) is 50.1 Å². The number of nitrogens with zero attached hydrogens (tertiary/aromatic N) is 5. The van der Waals surface area contributed by atoms with Crippen LogP contribution in [0.1, 0.15) is 11.3 Å². The Morgan fingerprint density at radius 2 is 1.85 bits per heavy atom. The molecule has 1 aliphatic rings. The van der Waals surface area contributed by atoms with Crippen LogP contribution in [0.3, 0.4) is 0 Å². The third kappa shape index (κ3) is 4.61. The normalized spacial score (nSPS) is 14.7. The fourth-order valence-electron chi connectivity index (χ4n) is 2.91. The van der Waals surface area contributed by atoms with Crippen molar-refractivity contribution in [2.24, 2.45) is 0 Å². The summed E-state index contributed by atoms with van der Waals surface area (Å²) in [5, 5.41) is 0. The molecule has 2 heterocycles. The smallest absolute Gasteiger partial charge is 0.246 e. The highest BCUT2D eigenvalue weighted by atomic mass is 19.1. The number of hydrogen-bond donors (Lipinski definition) is 0. The number of hydrogen-bond acceptors (Lipinski definition) is 5. The monoisotopic (exact) mass is 369 g/mol. The van der Waals surface area contributed by atoms with Gasteiger partial charge in [-0.05, 0) is 19.1 Å². The van der Waals surface area contributed by atoms with Gasteiger partial charge in [0.25, 0.3) is 0 Å². The lowest BCUT2D eigenvalue weighted by molar-refractivity contribution is -0.126. The fraction of sp³-hybridized carbons (Fsp3) is 0.350. The first kappa shape index (κ1) is 18.8. The van der Waals surface area contributed by atoms with E-state index in [1.54, 1.807) is 23.1 Å². The van der Waals surface area contributed by atoms with Crippen LogP contribution in [0, 0.1) is 12.7 Å². The largest absolute Gasteiger partial charge is 0.363 e. The maximum Gasteiger partial charge on any atom is 0.246 e. The van der Waals surface area contributed by atoms with Gasteiger partial charge in [-0.3, -0.25) is 4.79 Å². The van der Waals surface area contributed by atoms with Crippen molar-refractivity contribution in [3.05, 3.63) is 53.5 Å². The predicted octanol–water partition coefficient (Wildman–Crippen LogP) is 2.35. The second-order valence-corrected chi connectivity index (χ2v) is 6.73. The van der Waals surface area contributed by atoms with Crippen LogP contribution in [0.5, 0.6) is 0 Å². The second-order valence-electron chi connectivity index (χ2n) is 6.73. The maximum atomic E-state index is 13.6. The summed E-state index contributed by atoms with van der Waals surface area (Å²) < 4.78 is 13.6. The summed E-state index contributed by atoms with van der Waals surface area (Å²) in [6.45, 7) is 4.43. The number of amides is 1. The van der Waals surface area contributed by atoms with Gasteiger partial charge >= 0.3 is 0 Å². The van der Waals surface area contributed by atoms with Crippen LogP contribution in [0.2, 0.25) is 0 Å². The van der Waals surface area contributed by atoms with Crippen LogP contribution in [0.15, 0.2) is 36.4 Å². The van der Waals surface area contributed by atoms with Gasteiger partial charge < -0.3 is 14.7 Å². The molecule has 6 nitrogen and oxygen atoms in total. The van der Waals surface area contributed by atoms with Crippen molar-refractivity contribution in [1.29, 1.82) is 0 Å². The summed E-state index contributed by atoms with van der Waals surface area (Å²) in [5.41, 5.74) is 1.32. The van der Waals surface area contributed by atoms with Crippen LogP contribution in [-0.4, -0.2) is 61.0 Å². The van der Waals surface area contributed by atoms with Crippen LogP contribution < -0.4 is 9.80 Å². The number of aromatic nitrogens is 2. The van der Waals surface area contributed by atoms with Gasteiger partial charge in [0.2, 0.25) is 11.9 Å². The van der Waals surface area contributed by atoms with E-state index < -0.39 is 0 Å². The predicted molar refractivity (Wildman–Crippen MR) is 105 cm³/mol. The lowest BCUT2D eigenvalue weighted by atomic mass is 10.2. The Kier molecular flexibility index (Phi) is 5.69. The van der Waals surface area contributed by atoms with Crippen molar-refractivity contribution in [2.45, 2.75) is 6.92 Å². The van der Waals surface area contributed by atoms with E-state index >= 15 is 0 Å². The zero-order chi connectivity index (χ0) is 19.4. The molecule has 1 aliphatic heterocycles. The zero-order valence-electron chi connectivity index (χ0n) is 15.9. The molecule has 1 aromatic heterocycles. The summed E-state index contributed by atoms with van der Waals surface area (Å²) in [4.78, 5) is 27.3. The third-order valence-electron chi connectivity index (χ3n) is 4.47. The molecule has 0 N–H and O–H groups in total. The molecule has 142 valence electrons. The second kappa shape index (κ2) is 8.16. The SMILES string of the molecule is Cc1cc(N(C)C)nc(N2CCN(C(=O)/C=C/c3ccccc3F)CC2)n1. The Labute approximate surface area is 158 Å². The molecule has 0 spiro atoms. The van der Waals surface area contributed by atoms with Crippen LogP contribution in [0.4, 0.5) is 16.2 Å². The maximum absolute atomic E-state index is 13.6.